The second-order valence-corrected chi connectivity index (χ2v) is 6.97. The van der Waals surface area contributed by atoms with Crippen molar-refractivity contribution in [2.24, 2.45) is 4.99 Å². The fraction of sp³-hybridized carbons (Fsp3) is 0.190. The Labute approximate surface area is 172 Å². The predicted octanol–water partition coefficient (Wildman–Crippen LogP) is 4.03. The molecule has 0 atom stereocenters. The summed E-state index contributed by atoms with van der Waals surface area (Å²) in [4.78, 5) is 30.8. The Morgan fingerprint density at radius 3 is 2.59 bits per heavy atom. The van der Waals surface area contributed by atoms with Crippen molar-refractivity contribution in [3.05, 3.63) is 58.5 Å². The lowest BCUT2D eigenvalue weighted by atomic mass is 10.1. The van der Waals surface area contributed by atoms with E-state index >= 15 is 0 Å². The topological polar surface area (TPSA) is 88.4 Å². The Bertz CT molecular complexity index is 1020. The van der Waals surface area contributed by atoms with E-state index in [1.807, 2.05) is 19.1 Å². The summed E-state index contributed by atoms with van der Waals surface area (Å²) >= 11 is 1.19. The van der Waals surface area contributed by atoms with Gasteiger partial charge in [-0.3, -0.25) is 9.69 Å². The van der Waals surface area contributed by atoms with E-state index in [4.69, 9.17) is 9.47 Å². The van der Waals surface area contributed by atoms with Gasteiger partial charge in [0.2, 0.25) is 0 Å². The van der Waals surface area contributed by atoms with Crippen LogP contribution in [0.15, 0.2) is 52.4 Å². The first-order valence-corrected chi connectivity index (χ1v) is 9.65. The summed E-state index contributed by atoms with van der Waals surface area (Å²) < 4.78 is 10.7. The number of carbonyl (C=O) groups is 2. The summed E-state index contributed by atoms with van der Waals surface area (Å²) in [5, 5.41) is 9.80. The highest BCUT2D eigenvalue weighted by Gasteiger charge is 2.33. The number of carboxylic acid groups (broad SMARTS) is 1. The quantitative estimate of drug-likeness (QED) is 0.721. The molecule has 0 unspecified atom stereocenters. The number of methoxy groups -OCH3 is 2. The lowest BCUT2D eigenvalue weighted by Crippen LogP contribution is -2.28. The van der Waals surface area contributed by atoms with E-state index in [1.165, 1.54) is 29.8 Å². The number of aromatic carboxylic acids is 1. The number of thioether (sulfide) groups is 1. The monoisotopic (exact) mass is 412 g/mol. The Morgan fingerprint density at radius 2 is 1.93 bits per heavy atom. The van der Waals surface area contributed by atoms with Gasteiger partial charge in [-0.05, 0) is 43.0 Å². The van der Waals surface area contributed by atoms with Crippen LogP contribution in [-0.4, -0.2) is 47.8 Å². The molecule has 8 heteroatoms. The van der Waals surface area contributed by atoms with Gasteiger partial charge in [0, 0.05) is 12.1 Å². The van der Waals surface area contributed by atoms with E-state index in [-0.39, 0.29) is 11.5 Å². The average molecular weight is 412 g/mol. The second kappa shape index (κ2) is 8.83. The van der Waals surface area contributed by atoms with Crippen LogP contribution < -0.4 is 9.47 Å². The molecule has 3 rings (SSSR count). The molecule has 1 aliphatic heterocycles. The zero-order valence-corrected chi connectivity index (χ0v) is 17.0. The largest absolute Gasteiger partial charge is 0.493 e. The summed E-state index contributed by atoms with van der Waals surface area (Å²) in [5.41, 5.74) is 1.08. The van der Waals surface area contributed by atoms with E-state index in [0.717, 1.165) is 0 Å². The number of likely N-dealkylation sites (N-methyl/N-ethyl adjacent to an activating group) is 1. The highest BCUT2D eigenvalue weighted by atomic mass is 32.2. The number of aliphatic imine (C=N–C) groups is 1. The summed E-state index contributed by atoms with van der Waals surface area (Å²) in [6.45, 7) is 2.25. The molecule has 7 nitrogen and oxygen atoms in total. The van der Waals surface area contributed by atoms with Gasteiger partial charge in [0.05, 0.1) is 30.4 Å². The van der Waals surface area contributed by atoms with Crippen molar-refractivity contribution in [3.63, 3.8) is 0 Å². The highest BCUT2D eigenvalue weighted by molar-refractivity contribution is 8.18. The molecule has 1 saturated heterocycles. The van der Waals surface area contributed by atoms with Crippen LogP contribution in [-0.2, 0) is 4.79 Å². The number of benzene rings is 2. The number of carbonyl (C=O) groups excluding carboxylic acids is 1. The number of amides is 1. The van der Waals surface area contributed by atoms with Gasteiger partial charge in [0.1, 0.15) is 0 Å². The van der Waals surface area contributed by atoms with Gasteiger partial charge >= 0.3 is 5.97 Å². The number of carboxylic acids is 1. The van der Waals surface area contributed by atoms with Crippen molar-refractivity contribution in [2.45, 2.75) is 6.92 Å². The smallest absolute Gasteiger partial charge is 0.337 e. The molecule has 150 valence electrons. The molecule has 0 aromatic heterocycles. The minimum Gasteiger partial charge on any atom is -0.493 e. The molecule has 1 fully saturated rings. The van der Waals surface area contributed by atoms with Crippen LogP contribution in [0.2, 0.25) is 0 Å². The molecule has 1 N–H and O–H groups in total. The van der Waals surface area contributed by atoms with Crippen molar-refractivity contribution in [1.29, 1.82) is 0 Å². The van der Waals surface area contributed by atoms with Crippen molar-refractivity contribution >= 4 is 40.6 Å². The molecule has 0 aliphatic carbocycles. The maximum absolute atomic E-state index is 12.9. The van der Waals surface area contributed by atoms with Gasteiger partial charge in [-0.1, -0.05) is 24.3 Å². The van der Waals surface area contributed by atoms with E-state index in [2.05, 4.69) is 4.99 Å². The number of amidine groups is 1. The molecule has 1 amide bonds. The molecule has 1 aliphatic rings. The molecular formula is C21H20N2O5S. The third-order valence-corrected chi connectivity index (χ3v) is 5.28. The van der Waals surface area contributed by atoms with Crippen molar-refractivity contribution in [1.82, 2.24) is 4.90 Å². The molecule has 2 aromatic carbocycles. The standard InChI is InChI=1S/C21H20N2O5S/c1-4-23-19(24)17(12-13-8-7-11-16(27-2)18(13)28-3)29-21(23)22-15-10-6-5-9-14(15)20(25)26/h5-12H,4H2,1-3H3,(H,25,26)/b17-12-,22-21?. The summed E-state index contributed by atoms with van der Waals surface area (Å²) in [7, 11) is 3.09. The summed E-state index contributed by atoms with van der Waals surface area (Å²) in [6.07, 6.45) is 1.72. The van der Waals surface area contributed by atoms with Gasteiger partial charge in [0.15, 0.2) is 16.7 Å². The van der Waals surface area contributed by atoms with Gasteiger partial charge < -0.3 is 14.6 Å². The van der Waals surface area contributed by atoms with Crippen LogP contribution in [0.1, 0.15) is 22.8 Å². The average Bonchev–Trinajstić information content (AvgIpc) is 3.01. The first-order chi connectivity index (χ1) is 14.0. The molecule has 2 aromatic rings. The molecule has 29 heavy (non-hydrogen) atoms. The van der Waals surface area contributed by atoms with Crippen LogP contribution >= 0.6 is 11.8 Å². The number of hydrogen-bond acceptors (Lipinski definition) is 6. The van der Waals surface area contributed by atoms with Crippen molar-refractivity contribution in [2.75, 3.05) is 20.8 Å². The van der Waals surface area contributed by atoms with Crippen LogP contribution in [0, 0.1) is 0 Å². The molecule has 1 heterocycles. The zero-order valence-electron chi connectivity index (χ0n) is 16.2. The van der Waals surface area contributed by atoms with Gasteiger partial charge in [-0.15, -0.1) is 0 Å². The first kappa shape index (κ1) is 20.5. The Hall–Kier alpha value is -3.26. The SMILES string of the molecule is CCN1C(=O)/C(=C/c2cccc(OC)c2OC)SC1=Nc1ccccc1C(=O)O. The normalized spacial score (nSPS) is 16.5. The fourth-order valence-corrected chi connectivity index (χ4v) is 3.94. The number of ether oxygens (including phenoxy) is 2. The van der Waals surface area contributed by atoms with Crippen LogP contribution in [0.5, 0.6) is 11.5 Å². The number of nitrogens with zero attached hydrogens (tertiary/aromatic N) is 2. The Morgan fingerprint density at radius 1 is 1.17 bits per heavy atom. The number of para-hydroxylation sites is 2. The zero-order chi connectivity index (χ0) is 21.0. The maximum Gasteiger partial charge on any atom is 0.337 e. The van der Waals surface area contributed by atoms with Crippen LogP contribution in [0.4, 0.5) is 5.69 Å². The molecule has 0 bridgehead atoms. The number of hydrogen-bond donors (Lipinski definition) is 1. The molecule has 0 spiro atoms. The molecule has 0 radical (unpaired) electrons. The minimum absolute atomic E-state index is 0.0796. The predicted molar refractivity (Wildman–Crippen MR) is 113 cm³/mol. The number of rotatable bonds is 6. The van der Waals surface area contributed by atoms with E-state index in [0.29, 0.717) is 39.4 Å². The third-order valence-electron chi connectivity index (χ3n) is 4.27. The van der Waals surface area contributed by atoms with E-state index < -0.39 is 5.97 Å². The first-order valence-electron chi connectivity index (χ1n) is 8.83. The fourth-order valence-electron chi connectivity index (χ4n) is 2.89. The van der Waals surface area contributed by atoms with Gasteiger partial charge in [-0.25, -0.2) is 9.79 Å². The third kappa shape index (κ3) is 4.12. The lowest BCUT2D eigenvalue weighted by Gasteiger charge is -2.12. The van der Waals surface area contributed by atoms with Crippen LogP contribution in [0.3, 0.4) is 0 Å². The second-order valence-electron chi connectivity index (χ2n) is 5.96. The van der Waals surface area contributed by atoms with Gasteiger partial charge in [0.25, 0.3) is 5.91 Å². The van der Waals surface area contributed by atoms with Crippen LogP contribution in [0.25, 0.3) is 6.08 Å². The van der Waals surface area contributed by atoms with Crippen molar-refractivity contribution in [3.8, 4) is 11.5 Å². The highest BCUT2D eigenvalue weighted by Crippen LogP contribution is 2.38. The molecule has 0 saturated carbocycles. The Balaban J connectivity index is 2.03. The summed E-state index contributed by atoms with van der Waals surface area (Å²) in [5.74, 6) is -0.178. The molecular weight excluding hydrogens is 392 g/mol. The van der Waals surface area contributed by atoms with Gasteiger partial charge in [-0.2, -0.15) is 0 Å². The summed E-state index contributed by atoms with van der Waals surface area (Å²) in [6, 6.07) is 11.9. The van der Waals surface area contributed by atoms with E-state index in [1.54, 1.807) is 37.5 Å². The van der Waals surface area contributed by atoms with E-state index in [9.17, 15) is 14.7 Å². The lowest BCUT2D eigenvalue weighted by molar-refractivity contribution is -0.122. The Kier molecular flexibility index (Phi) is 6.23. The minimum atomic E-state index is -1.07. The van der Waals surface area contributed by atoms with Crippen molar-refractivity contribution < 1.29 is 24.2 Å². The maximum atomic E-state index is 12.9.